The largest absolute Gasteiger partial charge is 0.480 e. The van der Waals surface area contributed by atoms with Gasteiger partial charge in [-0.2, -0.15) is 12.6 Å². The van der Waals surface area contributed by atoms with E-state index in [9.17, 15) is 29.1 Å². The summed E-state index contributed by atoms with van der Waals surface area (Å²) < 4.78 is 0. The first-order chi connectivity index (χ1) is 15.4. The van der Waals surface area contributed by atoms with E-state index in [1.54, 1.807) is 0 Å². The number of aromatic amines is 1. The van der Waals surface area contributed by atoms with Crippen molar-refractivity contribution in [3.63, 3.8) is 0 Å². The van der Waals surface area contributed by atoms with Gasteiger partial charge in [0.15, 0.2) is 0 Å². The van der Waals surface area contributed by atoms with E-state index in [0.717, 1.165) is 0 Å². The normalized spacial score (nSPS) is 14.6. The second-order valence-electron chi connectivity index (χ2n) is 7.89. The van der Waals surface area contributed by atoms with Gasteiger partial charge < -0.3 is 37.5 Å². The number of hydrogen-bond donors (Lipinski definition) is 8. The molecule has 0 saturated carbocycles. The van der Waals surface area contributed by atoms with E-state index >= 15 is 0 Å². The lowest BCUT2D eigenvalue weighted by atomic mass is 10.0. The Morgan fingerprint density at radius 1 is 1.06 bits per heavy atom. The summed E-state index contributed by atoms with van der Waals surface area (Å²) in [6, 6.07) is -4.74. The summed E-state index contributed by atoms with van der Waals surface area (Å²) in [7, 11) is 0. The van der Waals surface area contributed by atoms with Crippen LogP contribution in [0.4, 0.5) is 0 Å². The maximum Gasteiger partial charge on any atom is 0.326 e. The van der Waals surface area contributed by atoms with Gasteiger partial charge in [0.05, 0.1) is 18.8 Å². The molecule has 4 atom stereocenters. The summed E-state index contributed by atoms with van der Waals surface area (Å²) in [5.41, 5.74) is 11.2. The van der Waals surface area contributed by atoms with Crippen molar-refractivity contribution in [2.45, 2.75) is 57.3 Å². The number of rotatable bonds is 14. The molecule has 1 rings (SSSR count). The lowest BCUT2D eigenvalue weighted by Crippen LogP contribution is -2.58. The van der Waals surface area contributed by atoms with Crippen LogP contribution >= 0.6 is 12.6 Å². The first kappa shape index (κ1) is 27.9. The Hall–Kier alpha value is -3.13. The van der Waals surface area contributed by atoms with E-state index in [-0.39, 0.29) is 24.5 Å². The Morgan fingerprint density at radius 3 is 2.12 bits per heavy atom. The van der Waals surface area contributed by atoms with E-state index in [0.29, 0.717) is 5.69 Å². The third-order valence-corrected chi connectivity index (χ3v) is 4.90. The summed E-state index contributed by atoms with van der Waals surface area (Å²) in [4.78, 5) is 67.2. The van der Waals surface area contributed by atoms with Crippen molar-refractivity contribution in [2.24, 2.45) is 17.4 Å². The number of aliphatic carboxylic acids is 1. The number of carboxylic acids is 1. The molecule has 0 aliphatic rings. The number of hydrogen-bond acceptors (Lipinski definition) is 8. The summed E-state index contributed by atoms with van der Waals surface area (Å²) >= 11 is 3.97. The maximum atomic E-state index is 13.0. The van der Waals surface area contributed by atoms with Crippen molar-refractivity contribution in [3.8, 4) is 0 Å². The number of nitrogens with two attached hydrogens (primary N) is 2. The monoisotopic (exact) mass is 485 g/mol. The van der Waals surface area contributed by atoms with Gasteiger partial charge in [-0.1, -0.05) is 13.8 Å². The van der Waals surface area contributed by atoms with Crippen LogP contribution in [0.3, 0.4) is 0 Å². The zero-order chi connectivity index (χ0) is 25.1. The minimum atomic E-state index is -1.57. The number of aromatic nitrogens is 2. The summed E-state index contributed by atoms with van der Waals surface area (Å²) in [5, 5.41) is 16.6. The minimum Gasteiger partial charge on any atom is -0.480 e. The van der Waals surface area contributed by atoms with Crippen LogP contribution in [0.1, 0.15) is 32.4 Å². The molecule has 0 aliphatic carbocycles. The van der Waals surface area contributed by atoms with E-state index in [1.807, 2.05) is 13.8 Å². The van der Waals surface area contributed by atoms with Gasteiger partial charge in [0.1, 0.15) is 18.1 Å². The quantitative estimate of drug-likeness (QED) is 0.133. The SMILES string of the molecule is CC(C)CC(NC(=O)C(N)CS)C(=O)NC(Cc1cnc[nH]1)C(=O)NC(CC(N)=O)C(=O)O. The van der Waals surface area contributed by atoms with E-state index in [1.165, 1.54) is 12.5 Å². The molecular formula is C19H31N7O6S. The zero-order valence-corrected chi connectivity index (χ0v) is 19.3. The van der Waals surface area contributed by atoms with Crippen LogP contribution < -0.4 is 27.4 Å². The first-order valence-corrected chi connectivity index (χ1v) is 10.8. The average Bonchev–Trinajstić information content (AvgIpc) is 3.23. The van der Waals surface area contributed by atoms with Gasteiger partial charge in [-0.3, -0.25) is 19.2 Å². The van der Waals surface area contributed by atoms with Crippen LogP contribution in [0.15, 0.2) is 12.5 Å². The van der Waals surface area contributed by atoms with Crippen molar-refractivity contribution in [1.29, 1.82) is 0 Å². The fourth-order valence-electron chi connectivity index (χ4n) is 2.84. The van der Waals surface area contributed by atoms with Gasteiger partial charge in [-0.25, -0.2) is 9.78 Å². The molecule has 0 saturated heterocycles. The van der Waals surface area contributed by atoms with Crippen molar-refractivity contribution < 1.29 is 29.1 Å². The van der Waals surface area contributed by atoms with Gasteiger partial charge >= 0.3 is 5.97 Å². The number of carboxylic acid groups (broad SMARTS) is 1. The van der Waals surface area contributed by atoms with E-state index in [2.05, 4.69) is 38.5 Å². The average molecular weight is 486 g/mol. The third-order valence-electron chi connectivity index (χ3n) is 4.51. The zero-order valence-electron chi connectivity index (χ0n) is 18.4. The van der Waals surface area contributed by atoms with E-state index in [4.69, 9.17) is 11.5 Å². The molecule has 9 N–H and O–H groups in total. The first-order valence-electron chi connectivity index (χ1n) is 10.2. The standard InChI is InChI=1S/C19H31N7O6S/c1-9(2)3-12(24-16(28)11(20)7-33)17(29)25-13(4-10-6-22-8-23-10)18(30)26-14(19(31)32)5-15(21)27/h6,8-9,11-14,33H,3-5,7,20H2,1-2H3,(H2,21,27)(H,22,23)(H,24,28)(H,25,29)(H,26,30)(H,31,32). The minimum absolute atomic E-state index is 0.0140. The molecule has 4 amide bonds. The number of carbonyl (C=O) groups excluding carboxylic acids is 4. The highest BCUT2D eigenvalue weighted by molar-refractivity contribution is 7.80. The smallest absolute Gasteiger partial charge is 0.326 e. The summed E-state index contributed by atoms with van der Waals surface area (Å²) in [5.74, 6) is -4.38. The van der Waals surface area contributed by atoms with Crippen molar-refractivity contribution in [2.75, 3.05) is 5.75 Å². The molecule has 0 spiro atoms. The van der Waals surface area contributed by atoms with Gasteiger partial charge in [0.25, 0.3) is 0 Å². The van der Waals surface area contributed by atoms with Crippen LogP contribution in [-0.2, 0) is 30.4 Å². The Morgan fingerprint density at radius 2 is 1.64 bits per heavy atom. The molecule has 1 aromatic rings. The number of carbonyl (C=O) groups is 5. The van der Waals surface area contributed by atoms with Crippen molar-refractivity contribution in [3.05, 3.63) is 18.2 Å². The van der Waals surface area contributed by atoms with Crippen LogP contribution in [0.2, 0.25) is 0 Å². The summed E-state index contributed by atoms with van der Waals surface area (Å²) in [6.07, 6.45) is 2.39. The highest BCUT2D eigenvalue weighted by Gasteiger charge is 2.31. The lowest BCUT2D eigenvalue weighted by Gasteiger charge is -2.25. The number of imidazole rings is 1. The molecule has 1 heterocycles. The Kier molecular flexibility index (Phi) is 11.4. The molecule has 0 aliphatic heterocycles. The Labute approximate surface area is 196 Å². The topological polar surface area (TPSA) is 222 Å². The molecule has 0 radical (unpaired) electrons. The molecule has 13 nitrogen and oxygen atoms in total. The molecule has 4 unspecified atom stereocenters. The van der Waals surface area contributed by atoms with Crippen molar-refractivity contribution in [1.82, 2.24) is 25.9 Å². The highest BCUT2D eigenvalue weighted by Crippen LogP contribution is 2.08. The van der Waals surface area contributed by atoms with Crippen molar-refractivity contribution >= 4 is 42.2 Å². The van der Waals surface area contributed by atoms with Crippen LogP contribution in [-0.4, -0.2) is 74.6 Å². The summed E-state index contributed by atoms with van der Waals surface area (Å²) in [6.45, 7) is 3.70. The van der Waals surface area contributed by atoms with Gasteiger partial charge in [0, 0.05) is 24.1 Å². The molecule has 184 valence electrons. The third kappa shape index (κ3) is 9.91. The number of nitrogens with one attached hydrogen (secondary N) is 4. The predicted molar refractivity (Wildman–Crippen MR) is 121 cm³/mol. The second-order valence-corrected chi connectivity index (χ2v) is 8.26. The highest BCUT2D eigenvalue weighted by atomic mass is 32.1. The van der Waals surface area contributed by atoms with Crippen LogP contribution in [0, 0.1) is 5.92 Å². The lowest BCUT2D eigenvalue weighted by molar-refractivity contribution is -0.143. The number of primary amides is 1. The number of nitrogens with zero attached hydrogens (tertiary/aromatic N) is 1. The maximum absolute atomic E-state index is 13.0. The molecule has 1 aromatic heterocycles. The second kappa shape index (κ2) is 13.4. The fourth-order valence-corrected chi connectivity index (χ4v) is 3.00. The number of amides is 4. The number of H-pyrrole nitrogens is 1. The van der Waals surface area contributed by atoms with Gasteiger partial charge in [-0.05, 0) is 12.3 Å². The molecule has 0 aromatic carbocycles. The van der Waals surface area contributed by atoms with Gasteiger partial charge in [-0.15, -0.1) is 0 Å². The Balaban J connectivity index is 3.07. The fraction of sp³-hybridized carbons (Fsp3) is 0.579. The predicted octanol–water partition coefficient (Wildman–Crippen LogP) is -2.33. The number of thiol groups is 1. The molecule has 33 heavy (non-hydrogen) atoms. The molecule has 0 fully saturated rings. The van der Waals surface area contributed by atoms with Crippen LogP contribution in [0.25, 0.3) is 0 Å². The molecule has 14 heteroatoms. The molecular weight excluding hydrogens is 454 g/mol. The molecule has 0 bridgehead atoms. The van der Waals surface area contributed by atoms with E-state index < -0.39 is 60.2 Å². The van der Waals surface area contributed by atoms with Crippen LogP contribution in [0.5, 0.6) is 0 Å². The van der Waals surface area contributed by atoms with Gasteiger partial charge in [0.2, 0.25) is 23.6 Å². The Bertz CT molecular complexity index is 833.